The first kappa shape index (κ1) is 16.1. The van der Waals surface area contributed by atoms with Crippen LogP contribution in [0.15, 0.2) is 23.2 Å². The van der Waals surface area contributed by atoms with Gasteiger partial charge in [0.15, 0.2) is 0 Å². The molecule has 1 aromatic rings. The maximum absolute atomic E-state index is 12.4. The molecular weight excluding hydrogens is 282 g/mol. The average Bonchev–Trinajstić information content (AvgIpc) is 2.46. The van der Waals surface area contributed by atoms with Crippen LogP contribution in [0.2, 0.25) is 0 Å². The third-order valence-electron chi connectivity index (χ3n) is 2.49. The second-order valence-electron chi connectivity index (χ2n) is 3.91. The molecule has 1 heterocycles. The molecule has 0 radical (unpaired) electrons. The lowest BCUT2D eigenvalue weighted by Crippen LogP contribution is -2.36. The molecule has 0 unspecified atom stereocenters. The van der Waals surface area contributed by atoms with Gasteiger partial charge in [-0.05, 0) is 18.6 Å². The zero-order valence-corrected chi connectivity index (χ0v) is 12.1. The predicted molar refractivity (Wildman–Crippen MR) is 70.0 cm³/mol. The van der Waals surface area contributed by atoms with Gasteiger partial charge in [0.05, 0.1) is 7.11 Å². The van der Waals surface area contributed by atoms with Crippen molar-refractivity contribution >= 4 is 16.0 Å². The lowest BCUT2D eigenvalue weighted by atomic mass is 10.4. The van der Waals surface area contributed by atoms with Crippen molar-refractivity contribution in [3.8, 4) is 6.07 Å². The third kappa shape index (κ3) is 3.76. The first-order valence-corrected chi connectivity index (χ1v) is 7.32. The van der Waals surface area contributed by atoms with Crippen LogP contribution in [-0.4, -0.2) is 43.9 Å². The van der Waals surface area contributed by atoms with E-state index in [9.17, 15) is 13.2 Å². The number of rotatable bonds is 6. The number of hydrogen-bond donors (Lipinski definition) is 0. The monoisotopic (exact) mass is 297 g/mol. The minimum Gasteiger partial charge on any atom is -0.468 e. The van der Waals surface area contributed by atoms with Gasteiger partial charge in [-0.25, -0.2) is 13.4 Å². The van der Waals surface area contributed by atoms with Gasteiger partial charge in [0.25, 0.3) is 0 Å². The van der Waals surface area contributed by atoms with Crippen molar-refractivity contribution in [2.45, 2.75) is 18.2 Å². The maximum atomic E-state index is 12.4. The highest BCUT2D eigenvalue weighted by Crippen LogP contribution is 2.15. The van der Waals surface area contributed by atoms with Crippen LogP contribution in [0.5, 0.6) is 0 Å². The lowest BCUT2D eigenvalue weighted by Gasteiger charge is -2.20. The van der Waals surface area contributed by atoms with Gasteiger partial charge in [-0.15, -0.1) is 0 Å². The molecule has 0 fully saturated rings. The Morgan fingerprint density at radius 3 is 2.65 bits per heavy atom. The fourth-order valence-corrected chi connectivity index (χ4v) is 2.91. The number of methoxy groups -OCH3 is 1. The van der Waals surface area contributed by atoms with Crippen LogP contribution < -0.4 is 0 Å². The molecule has 0 amide bonds. The molecule has 108 valence electrons. The normalized spacial score (nSPS) is 11.1. The Kier molecular flexibility index (Phi) is 5.61. The van der Waals surface area contributed by atoms with Gasteiger partial charge in [-0.1, -0.05) is 6.92 Å². The number of nitriles is 1. The lowest BCUT2D eigenvalue weighted by molar-refractivity contribution is -0.140. The molecule has 8 heteroatoms. The molecule has 0 atom stereocenters. The summed E-state index contributed by atoms with van der Waals surface area (Å²) in [6.07, 6.45) is 1.66. The Morgan fingerprint density at radius 1 is 1.50 bits per heavy atom. The summed E-state index contributed by atoms with van der Waals surface area (Å²) in [6, 6.07) is 4.41. The van der Waals surface area contributed by atoms with E-state index >= 15 is 0 Å². The first-order chi connectivity index (χ1) is 9.45. The number of nitrogens with zero attached hydrogens (tertiary/aromatic N) is 3. The molecule has 0 aliphatic heterocycles. The number of sulfonamides is 1. The van der Waals surface area contributed by atoms with E-state index in [1.165, 1.54) is 19.2 Å². The van der Waals surface area contributed by atoms with Crippen LogP contribution in [0.25, 0.3) is 0 Å². The highest BCUT2D eigenvalue weighted by molar-refractivity contribution is 7.89. The van der Waals surface area contributed by atoms with Crippen molar-refractivity contribution in [3.63, 3.8) is 0 Å². The van der Waals surface area contributed by atoms with E-state index in [1.807, 2.05) is 6.07 Å². The third-order valence-corrected chi connectivity index (χ3v) is 4.32. The molecule has 0 spiro atoms. The summed E-state index contributed by atoms with van der Waals surface area (Å²) in [5.74, 6) is -0.636. The number of aromatic nitrogens is 1. The van der Waals surface area contributed by atoms with Crippen LogP contribution in [0.3, 0.4) is 0 Å². The second kappa shape index (κ2) is 6.98. The Hall–Kier alpha value is -1.98. The summed E-state index contributed by atoms with van der Waals surface area (Å²) in [7, 11) is -2.64. The Bertz CT molecular complexity index is 605. The summed E-state index contributed by atoms with van der Waals surface area (Å²) >= 11 is 0. The summed E-state index contributed by atoms with van der Waals surface area (Å²) < 4.78 is 30.3. The molecular formula is C12H15N3O4S. The minimum absolute atomic E-state index is 0.0612. The first-order valence-electron chi connectivity index (χ1n) is 5.88. The Labute approximate surface area is 117 Å². The highest BCUT2D eigenvalue weighted by Gasteiger charge is 2.26. The molecule has 1 aromatic heterocycles. The van der Waals surface area contributed by atoms with E-state index in [4.69, 9.17) is 5.26 Å². The van der Waals surface area contributed by atoms with E-state index in [2.05, 4.69) is 9.72 Å². The number of carbonyl (C=O) groups excluding carboxylic acids is 1. The smallest absolute Gasteiger partial charge is 0.321 e. The molecule has 0 aromatic carbocycles. The molecule has 0 aliphatic carbocycles. The summed E-state index contributed by atoms with van der Waals surface area (Å²) in [5.41, 5.74) is 0.124. The largest absolute Gasteiger partial charge is 0.468 e. The summed E-state index contributed by atoms with van der Waals surface area (Å²) in [4.78, 5) is 14.9. The molecule has 0 saturated heterocycles. The van der Waals surface area contributed by atoms with Gasteiger partial charge in [0.2, 0.25) is 10.0 Å². The fraction of sp³-hybridized carbons (Fsp3) is 0.417. The predicted octanol–water partition coefficient (Wildman–Crippen LogP) is 0.527. The molecule has 0 N–H and O–H groups in total. The standard InChI is InChI=1S/C12H15N3O4S/c1-3-6-15(9-12(16)19-2)20(17,18)11-5-4-10(7-13)14-8-11/h4-5,8H,3,6,9H2,1-2H3. The number of pyridine rings is 1. The van der Waals surface area contributed by atoms with Gasteiger partial charge < -0.3 is 4.74 Å². The van der Waals surface area contributed by atoms with Gasteiger partial charge in [-0.2, -0.15) is 9.57 Å². The molecule has 1 rings (SSSR count). The Balaban J connectivity index is 3.08. The van der Waals surface area contributed by atoms with Gasteiger partial charge >= 0.3 is 5.97 Å². The molecule has 7 nitrogen and oxygen atoms in total. The van der Waals surface area contributed by atoms with E-state index in [0.29, 0.717) is 6.42 Å². The number of ether oxygens (including phenoxy) is 1. The van der Waals surface area contributed by atoms with Crippen LogP contribution in [0.4, 0.5) is 0 Å². The van der Waals surface area contributed by atoms with Gasteiger partial charge in [-0.3, -0.25) is 4.79 Å². The molecule has 0 aliphatic rings. The molecule has 0 saturated carbocycles. The quantitative estimate of drug-likeness (QED) is 0.710. The zero-order chi connectivity index (χ0) is 15.2. The van der Waals surface area contributed by atoms with E-state index < -0.39 is 16.0 Å². The van der Waals surface area contributed by atoms with E-state index in [1.54, 1.807) is 6.92 Å². The van der Waals surface area contributed by atoms with Crippen molar-refractivity contribution in [2.75, 3.05) is 20.2 Å². The number of hydrogen-bond acceptors (Lipinski definition) is 6. The van der Waals surface area contributed by atoms with Crippen molar-refractivity contribution in [3.05, 3.63) is 24.0 Å². The van der Waals surface area contributed by atoms with E-state index in [0.717, 1.165) is 10.5 Å². The Morgan fingerprint density at radius 2 is 2.20 bits per heavy atom. The van der Waals surface area contributed by atoms with Crippen LogP contribution in [0.1, 0.15) is 19.0 Å². The average molecular weight is 297 g/mol. The van der Waals surface area contributed by atoms with Crippen molar-refractivity contribution in [1.82, 2.24) is 9.29 Å². The SMILES string of the molecule is CCCN(CC(=O)OC)S(=O)(=O)c1ccc(C#N)nc1. The van der Waals surface area contributed by atoms with Crippen LogP contribution in [-0.2, 0) is 19.6 Å². The maximum Gasteiger partial charge on any atom is 0.321 e. The van der Waals surface area contributed by atoms with Gasteiger partial charge in [0, 0.05) is 12.7 Å². The molecule has 0 bridgehead atoms. The summed E-state index contributed by atoms with van der Waals surface area (Å²) in [6.45, 7) is 1.64. The van der Waals surface area contributed by atoms with E-state index in [-0.39, 0.29) is 23.7 Å². The highest BCUT2D eigenvalue weighted by atomic mass is 32.2. The van der Waals surface area contributed by atoms with Crippen LogP contribution >= 0.6 is 0 Å². The van der Waals surface area contributed by atoms with Crippen molar-refractivity contribution in [2.24, 2.45) is 0 Å². The van der Waals surface area contributed by atoms with Crippen molar-refractivity contribution in [1.29, 1.82) is 5.26 Å². The second-order valence-corrected chi connectivity index (χ2v) is 5.84. The summed E-state index contributed by atoms with van der Waals surface area (Å²) in [5, 5.41) is 8.64. The van der Waals surface area contributed by atoms with Gasteiger partial charge in [0.1, 0.15) is 23.2 Å². The number of esters is 1. The van der Waals surface area contributed by atoms with Crippen molar-refractivity contribution < 1.29 is 17.9 Å². The number of carbonyl (C=O) groups is 1. The van der Waals surface area contributed by atoms with Crippen LogP contribution in [0, 0.1) is 11.3 Å². The topological polar surface area (TPSA) is 100 Å². The molecule has 20 heavy (non-hydrogen) atoms. The minimum atomic E-state index is -3.83. The fourth-order valence-electron chi connectivity index (χ4n) is 1.49. The zero-order valence-electron chi connectivity index (χ0n) is 11.2.